The first kappa shape index (κ1) is 12.8. The van der Waals surface area contributed by atoms with Gasteiger partial charge in [0.15, 0.2) is 5.78 Å². The molecular weight excluding hydrogens is 282 g/mol. The van der Waals surface area contributed by atoms with Crippen molar-refractivity contribution in [1.82, 2.24) is 15.3 Å². The fourth-order valence-electron chi connectivity index (χ4n) is 3.15. The van der Waals surface area contributed by atoms with Gasteiger partial charge in [-0.1, -0.05) is 6.07 Å². The summed E-state index contributed by atoms with van der Waals surface area (Å²) in [4.78, 5) is 21.7. The minimum absolute atomic E-state index is 0.202. The lowest BCUT2D eigenvalue weighted by Gasteiger charge is -2.36. The molecule has 2 N–H and O–H groups in total. The average Bonchev–Trinajstić information content (AvgIpc) is 3.06. The molecule has 1 aliphatic heterocycles. The van der Waals surface area contributed by atoms with E-state index in [2.05, 4.69) is 30.2 Å². The van der Waals surface area contributed by atoms with E-state index in [-0.39, 0.29) is 11.3 Å². The third-order valence-corrected chi connectivity index (χ3v) is 4.98. The minimum atomic E-state index is -0.202. The van der Waals surface area contributed by atoms with Crippen LogP contribution in [0.25, 0.3) is 16.4 Å². The Hall–Kier alpha value is -1.88. The first-order valence-electron chi connectivity index (χ1n) is 7.21. The first-order chi connectivity index (χ1) is 10.0. The molecule has 0 spiro atoms. The molecule has 0 amide bonds. The Morgan fingerprint density at radius 2 is 2.19 bits per heavy atom. The van der Waals surface area contributed by atoms with E-state index in [0.717, 1.165) is 46.2 Å². The molecule has 108 valence electrons. The SMILES string of the molecule is CC1(C)CC(=O)C2=C(N1)c1nc(-c3cccs3)[nH]c1CC2. The van der Waals surface area contributed by atoms with Crippen LogP contribution in [0.2, 0.25) is 0 Å². The van der Waals surface area contributed by atoms with Crippen molar-refractivity contribution in [3.63, 3.8) is 0 Å². The fourth-order valence-corrected chi connectivity index (χ4v) is 3.82. The molecule has 1 aliphatic carbocycles. The Kier molecular flexibility index (Phi) is 2.63. The molecule has 0 atom stereocenters. The third-order valence-electron chi connectivity index (χ3n) is 4.10. The Balaban J connectivity index is 1.83. The zero-order valence-electron chi connectivity index (χ0n) is 12.1. The minimum Gasteiger partial charge on any atom is -0.378 e. The van der Waals surface area contributed by atoms with Crippen molar-refractivity contribution in [2.45, 2.75) is 38.6 Å². The molecule has 0 bridgehead atoms. The van der Waals surface area contributed by atoms with Crippen LogP contribution in [0.15, 0.2) is 23.1 Å². The van der Waals surface area contributed by atoms with Crippen LogP contribution in [-0.2, 0) is 11.2 Å². The zero-order chi connectivity index (χ0) is 14.6. The van der Waals surface area contributed by atoms with Gasteiger partial charge in [-0.2, -0.15) is 0 Å². The number of aryl methyl sites for hydroxylation is 1. The lowest BCUT2D eigenvalue weighted by atomic mass is 9.83. The maximum absolute atomic E-state index is 12.4. The van der Waals surface area contributed by atoms with E-state index in [1.54, 1.807) is 11.3 Å². The van der Waals surface area contributed by atoms with Crippen molar-refractivity contribution < 1.29 is 4.79 Å². The smallest absolute Gasteiger partial charge is 0.163 e. The molecular formula is C16H17N3OS. The lowest BCUT2D eigenvalue weighted by Crippen LogP contribution is -2.45. The Morgan fingerprint density at radius 1 is 1.33 bits per heavy atom. The Labute approximate surface area is 127 Å². The molecule has 5 heteroatoms. The first-order valence-corrected chi connectivity index (χ1v) is 8.09. The fraction of sp³-hybridized carbons (Fsp3) is 0.375. The van der Waals surface area contributed by atoms with Crippen LogP contribution in [0, 0.1) is 0 Å². The van der Waals surface area contributed by atoms with Crippen LogP contribution in [0.1, 0.15) is 38.1 Å². The number of ketones is 1. The van der Waals surface area contributed by atoms with Gasteiger partial charge in [0.2, 0.25) is 0 Å². The molecule has 0 saturated carbocycles. The van der Waals surface area contributed by atoms with E-state index >= 15 is 0 Å². The molecule has 4 rings (SSSR count). The van der Waals surface area contributed by atoms with Gasteiger partial charge in [-0.05, 0) is 38.1 Å². The van der Waals surface area contributed by atoms with Gasteiger partial charge in [0.1, 0.15) is 11.5 Å². The van der Waals surface area contributed by atoms with E-state index in [0.29, 0.717) is 6.42 Å². The van der Waals surface area contributed by atoms with Crippen LogP contribution in [0.3, 0.4) is 0 Å². The van der Waals surface area contributed by atoms with Crippen molar-refractivity contribution in [1.29, 1.82) is 0 Å². The summed E-state index contributed by atoms with van der Waals surface area (Å²) in [6.07, 6.45) is 2.22. The number of allylic oxidation sites excluding steroid dienone is 1. The molecule has 2 aliphatic rings. The second-order valence-electron chi connectivity index (χ2n) is 6.35. The maximum Gasteiger partial charge on any atom is 0.163 e. The van der Waals surface area contributed by atoms with Gasteiger partial charge in [-0.3, -0.25) is 4.79 Å². The normalized spacial score (nSPS) is 20.0. The molecule has 3 heterocycles. The molecule has 0 aromatic carbocycles. The molecule has 21 heavy (non-hydrogen) atoms. The quantitative estimate of drug-likeness (QED) is 0.850. The summed E-state index contributed by atoms with van der Waals surface area (Å²) in [6.45, 7) is 4.13. The van der Waals surface area contributed by atoms with Crippen LogP contribution < -0.4 is 5.32 Å². The van der Waals surface area contributed by atoms with Gasteiger partial charge in [-0.15, -0.1) is 11.3 Å². The number of H-pyrrole nitrogens is 1. The number of nitrogens with zero attached hydrogens (tertiary/aromatic N) is 1. The second-order valence-corrected chi connectivity index (χ2v) is 7.30. The van der Waals surface area contributed by atoms with Gasteiger partial charge in [0.25, 0.3) is 0 Å². The summed E-state index contributed by atoms with van der Waals surface area (Å²) in [5.41, 5.74) is 3.73. The number of aromatic nitrogens is 2. The topological polar surface area (TPSA) is 57.8 Å². The van der Waals surface area contributed by atoms with Crippen LogP contribution in [0.4, 0.5) is 0 Å². The van der Waals surface area contributed by atoms with Crippen molar-refractivity contribution in [2.75, 3.05) is 0 Å². The number of hydrogen-bond acceptors (Lipinski definition) is 4. The summed E-state index contributed by atoms with van der Waals surface area (Å²) < 4.78 is 0. The van der Waals surface area contributed by atoms with Gasteiger partial charge in [0.05, 0.1) is 10.6 Å². The summed E-state index contributed by atoms with van der Waals surface area (Å²) >= 11 is 1.67. The van der Waals surface area contributed by atoms with E-state index < -0.39 is 0 Å². The molecule has 0 saturated heterocycles. The monoisotopic (exact) mass is 299 g/mol. The third kappa shape index (κ3) is 2.03. The highest BCUT2D eigenvalue weighted by atomic mass is 32.1. The highest BCUT2D eigenvalue weighted by molar-refractivity contribution is 7.13. The Morgan fingerprint density at radius 3 is 2.95 bits per heavy atom. The highest BCUT2D eigenvalue weighted by Gasteiger charge is 2.36. The predicted octanol–water partition coefficient (Wildman–Crippen LogP) is 3.14. The van der Waals surface area contributed by atoms with E-state index in [1.165, 1.54) is 0 Å². The summed E-state index contributed by atoms with van der Waals surface area (Å²) in [6, 6.07) is 4.09. The van der Waals surface area contributed by atoms with Gasteiger partial charge < -0.3 is 10.3 Å². The van der Waals surface area contributed by atoms with Crippen molar-refractivity contribution in [3.05, 3.63) is 34.5 Å². The van der Waals surface area contributed by atoms with Crippen LogP contribution >= 0.6 is 11.3 Å². The summed E-state index contributed by atoms with van der Waals surface area (Å²) in [5.74, 6) is 1.17. The van der Waals surface area contributed by atoms with Gasteiger partial charge in [0, 0.05) is 23.2 Å². The van der Waals surface area contributed by atoms with Crippen LogP contribution in [0.5, 0.6) is 0 Å². The average molecular weight is 299 g/mol. The highest BCUT2D eigenvalue weighted by Crippen LogP contribution is 2.37. The van der Waals surface area contributed by atoms with Crippen LogP contribution in [-0.4, -0.2) is 21.3 Å². The Bertz CT molecular complexity index is 753. The molecule has 2 aromatic heterocycles. The molecule has 0 radical (unpaired) electrons. The number of carbonyl (C=O) groups is 1. The number of hydrogen-bond donors (Lipinski definition) is 2. The van der Waals surface area contributed by atoms with Crippen molar-refractivity contribution >= 4 is 22.8 Å². The van der Waals surface area contributed by atoms with Gasteiger partial charge in [-0.25, -0.2) is 4.98 Å². The summed E-state index contributed by atoms with van der Waals surface area (Å²) in [5, 5.41) is 5.57. The summed E-state index contributed by atoms with van der Waals surface area (Å²) in [7, 11) is 0. The molecule has 2 aromatic rings. The molecule has 0 unspecified atom stereocenters. The number of nitrogens with one attached hydrogen (secondary N) is 2. The van der Waals surface area contributed by atoms with Gasteiger partial charge >= 0.3 is 0 Å². The largest absolute Gasteiger partial charge is 0.378 e. The van der Waals surface area contributed by atoms with Crippen molar-refractivity contribution in [3.8, 4) is 10.7 Å². The number of rotatable bonds is 1. The predicted molar refractivity (Wildman–Crippen MR) is 84.0 cm³/mol. The van der Waals surface area contributed by atoms with E-state index in [1.807, 2.05) is 11.4 Å². The zero-order valence-corrected chi connectivity index (χ0v) is 12.9. The molecule has 4 nitrogen and oxygen atoms in total. The number of fused-ring (bicyclic) bond motifs is 2. The number of aromatic amines is 1. The number of imidazole rings is 1. The maximum atomic E-state index is 12.4. The number of carbonyl (C=O) groups excluding carboxylic acids is 1. The standard InChI is InChI=1S/C16H17N3OS/c1-16(2)8-11(20)9-5-6-10-14(13(9)19-16)18-15(17-10)12-4-3-7-21-12/h3-4,7,19H,5-6,8H2,1-2H3,(H,17,18). The van der Waals surface area contributed by atoms with Crippen molar-refractivity contribution in [2.24, 2.45) is 0 Å². The number of thiophene rings is 1. The van der Waals surface area contributed by atoms with E-state index in [4.69, 9.17) is 4.98 Å². The second kappa shape index (κ2) is 4.31. The molecule has 0 fully saturated rings. The van der Waals surface area contributed by atoms with E-state index in [9.17, 15) is 4.79 Å². The lowest BCUT2D eigenvalue weighted by molar-refractivity contribution is -0.117. The number of Topliss-reactive ketones (excluding diaryl/α,β-unsaturated/α-hetero) is 1.